The molecule has 110 valence electrons. The molecule has 7 nitrogen and oxygen atoms in total. The third-order valence-corrected chi connectivity index (χ3v) is 3.14. The van der Waals surface area contributed by atoms with Gasteiger partial charge in [-0.25, -0.2) is 4.98 Å². The molecule has 0 amide bonds. The molecule has 0 bridgehead atoms. The highest BCUT2D eigenvalue weighted by Gasteiger charge is 2.19. The molecule has 7 heteroatoms. The largest absolute Gasteiger partial charge is 0.471 e. The van der Waals surface area contributed by atoms with E-state index in [4.69, 9.17) is 9.47 Å². The lowest BCUT2D eigenvalue weighted by Gasteiger charge is -2.30. The second-order valence-electron chi connectivity index (χ2n) is 4.92. The van der Waals surface area contributed by atoms with Crippen molar-refractivity contribution in [2.24, 2.45) is 0 Å². The topological polar surface area (TPSA) is 77.7 Å². The fourth-order valence-corrected chi connectivity index (χ4v) is 2.15. The number of hydrogen-bond donors (Lipinski definition) is 0. The van der Waals surface area contributed by atoms with E-state index in [2.05, 4.69) is 9.88 Å². The number of hydrogen-bond acceptors (Lipinski definition) is 6. The number of aryl methyl sites for hydroxylation is 1. The zero-order valence-electron chi connectivity index (χ0n) is 11.7. The normalized spacial score (nSPS) is 19.8. The molecule has 1 saturated heterocycles. The van der Waals surface area contributed by atoms with Gasteiger partial charge in [0.05, 0.1) is 17.6 Å². The maximum Gasteiger partial charge on any atom is 0.331 e. The van der Waals surface area contributed by atoms with E-state index in [9.17, 15) is 10.1 Å². The van der Waals surface area contributed by atoms with Crippen LogP contribution in [0.4, 0.5) is 5.69 Å². The molecule has 0 spiro atoms. The Morgan fingerprint density at radius 3 is 3.15 bits per heavy atom. The summed E-state index contributed by atoms with van der Waals surface area (Å²) in [6, 6.07) is 1.47. The predicted molar refractivity (Wildman–Crippen MR) is 73.0 cm³/mol. The quantitative estimate of drug-likeness (QED) is 0.599. The van der Waals surface area contributed by atoms with Gasteiger partial charge in [0.2, 0.25) is 0 Å². The van der Waals surface area contributed by atoms with Crippen molar-refractivity contribution in [2.75, 3.05) is 32.8 Å². The number of morpholine rings is 1. The third-order valence-electron chi connectivity index (χ3n) is 3.14. The third kappa shape index (κ3) is 3.88. The van der Waals surface area contributed by atoms with Crippen LogP contribution in [-0.4, -0.2) is 53.8 Å². The van der Waals surface area contributed by atoms with Gasteiger partial charge in [-0.05, 0) is 19.4 Å². The summed E-state index contributed by atoms with van der Waals surface area (Å²) in [4.78, 5) is 16.7. The van der Waals surface area contributed by atoms with Crippen LogP contribution in [0.1, 0.15) is 12.5 Å². The first kappa shape index (κ1) is 14.7. The molecular weight excluding hydrogens is 262 g/mol. The molecule has 1 aliphatic rings. The number of pyridine rings is 1. The summed E-state index contributed by atoms with van der Waals surface area (Å²) in [5, 5.41) is 10.9. The summed E-state index contributed by atoms with van der Waals surface area (Å²) in [5.41, 5.74) is 0.659. The fraction of sp³-hybridized carbons (Fsp3) is 0.615. The molecule has 0 aliphatic carbocycles. The molecule has 1 atom stereocenters. The van der Waals surface area contributed by atoms with Crippen LogP contribution in [0.5, 0.6) is 5.88 Å². The van der Waals surface area contributed by atoms with Crippen LogP contribution in [0.3, 0.4) is 0 Å². The first-order valence-corrected chi connectivity index (χ1v) is 6.64. The number of aromatic nitrogens is 1. The van der Waals surface area contributed by atoms with Crippen LogP contribution in [0, 0.1) is 17.0 Å². The Morgan fingerprint density at radius 1 is 1.65 bits per heavy atom. The lowest BCUT2D eigenvalue weighted by Crippen LogP contribution is -2.42. The van der Waals surface area contributed by atoms with Crippen molar-refractivity contribution in [3.63, 3.8) is 0 Å². The van der Waals surface area contributed by atoms with Crippen LogP contribution in [0.25, 0.3) is 0 Å². The van der Waals surface area contributed by atoms with E-state index < -0.39 is 4.92 Å². The molecule has 0 radical (unpaired) electrons. The van der Waals surface area contributed by atoms with Gasteiger partial charge in [0.25, 0.3) is 5.88 Å². The number of nitrogens with zero attached hydrogens (tertiary/aromatic N) is 3. The summed E-state index contributed by atoms with van der Waals surface area (Å²) in [6.07, 6.45) is 1.79. The highest BCUT2D eigenvalue weighted by molar-refractivity contribution is 5.42. The molecule has 1 aromatic rings. The van der Waals surface area contributed by atoms with Gasteiger partial charge in [-0.3, -0.25) is 15.0 Å². The maximum absolute atomic E-state index is 10.9. The fourth-order valence-electron chi connectivity index (χ4n) is 2.15. The molecule has 20 heavy (non-hydrogen) atoms. The minimum atomic E-state index is -0.466. The summed E-state index contributed by atoms with van der Waals surface area (Å²) < 4.78 is 10.9. The van der Waals surface area contributed by atoms with Gasteiger partial charge in [-0.2, -0.15) is 0 Å². The van der Waals surface area contributed by atoms with E-state index in [0.717, 1.165) is 18.7 Å². The van der Waals surface area contributed by atoms with Crippen LogP contribution < -0.4 is 4.74 Å². The molecule has 0 saturated carbocycles. The second-order valence-corrected chi connectivity index (χ2v) is 4.92. The van der Waals surface area contributed by atoms with Crippen molar-refractivity contribution >= 4 is 5.69 Å². The van der Waals surface area contributed by atoms with Crippen molar-refractivity contribution in [1.29, 1.82) is 0 Å². The summed E-state index contributed by atoms with van der Waals surface area (Å²) >= 11 is 0. The average molecular weight is 281 g/mol. The van der Waals surface area contributed by atoms with E-state index in [1.54, 1.807) is 13.1 Å². The van der Waals surface area contributed by atoms with Gasteiger partial charge < -0.3 is 9.47 Å². The van der Waals surface area contributed by atoms with Crippen LogP contribution in [0.15, 0.2) is 12.3 Å². The van der Waals surface area contributed by atoms with E-state index in [1.165, 1.54) is 6.07 Å². The first-order valence-electron chi connectivity index (χ1n) is 6.64. The van der Waals surface area contributed by atoms with Gasteiger partial charge in [-0.15, -0.1) is 0 Å². The van der Waals surface area contributed by atoms with Gasteiger partial charge in [0.15, 0.2) is 0 Å². The van der Waals surface area contributed by atoms with Crippen LogP contribution in [0.2, 0.25) is 0 Å². The zero-order valence-corrected chi connectivity index (χ0v) is 11.7. The van der Waals surface area contributed by atoms with Gasteiger partial charge in [-0.1, -0.05) is 0 Å². The molecular formula is C13H19N3O4. The molecule has 1 aromatic heterocycles. The minimum Gasteiger partial charge on any atom is -0.471 e. The standard InChI is InChI=1S/C13H19N3O4/c1-10-7-12(16(17)18)13(14-8-10)20-6-4-15-3-5-19-11(2)9-15/h7-8,11H,3-6,9H2,1-2H3/t11-/m0/s1. The van der Waals surface area contributed by atoms with Crippen molar-refractivity contribution in [2.45, 2.75) is 20.0 Å². The zero-order chi connectivity index (χ0) is 14.5. The Hall–Kier alpha value is -1.73. The molecule has 2 rings (SSSR count). The number of nitro groups is 1. The Kier molecular flexibility index (Phi) is 4.86. The SMILES string of the molecule is Cc1cnc(OCCN2CCO[C@@H](C)C2)c([N+](=O)[O-])c1. The maximum atomic E-state index is 10.9. The van der Waals surface area contributed by atoms with Gasteiger partial charge in [0.1, 0.15) is 6.61 Å². The number of ether oxygens (including phenoxy) is 2. The molecule has 0 aromatic carbocycles. The van der Waals surface area contributed by atoms with E-state index in [1.807, 2.05) is 6.92 Å². The van der Waals surface area contributed by atoms with Crippen molar-refractivity contribution in [3.05, 3.63) is 27.9 Å². The molecule has 1 fully saturated rings. The lowest BCUT2D eigenvalue weighted by atomic mass is 10.3. The van der Waals surface area contributed by atoms with Crippen molar-refractivity contribution in [3.8, 4) is 5.88 Å². The summed E-state index contributed by atoms with van der Waals surface area (Å²) in [5.74, 6) is 0.0851. The summed E-state index contributed by atoms with van der Waals surface area (Å²) in [6.45, 7) is 7.30. The van der Waals surface area contributed by atoms with Crippen molar-refractivity contribution < 1.29 is 14.4 Å². The van der Waals surface area contributed by atoms with Gasteiger partial charge in [0, 0.05) is 31.9 Å². The predicted octanol–water partition coefficient (Wildman–Crippen LogP) is 1.40. The number of rotatable bonds is 5. The van der Waals surface area contributed by atoms with Crippen molar-refractivity contribution in [1.82, 2.24) is 9.88 Å². The highest BCUT2D eigenvalue weighted by atomic mass is 16.6. The van der Waals surface area contributed by atoms with E-state index in [0.29, 0.717) is 19.8 Å². The Bertz CT molecular complexity index is 481. The highest BCUT2D eigenvalue weighted by Crippen LogP contribution is 2.24. The second kappa shape index (κ2) is 6.62. The van der Waals surface area contributed by atoms with Gasteiger partial charge >= 0.3 is 5.69 Å². The monoisotopic (exact) mass is 281 g/mol. The smallest absolute Gasteiger partial charge is 0.331 e. The molecule has 0 unspecified atom stereocenters. The Labute approximate surface area is 117 Å². The Balaban J connectivity index is 1.89. The lowest BCUT2D eigenvalue weighted by molar-refractivity contribution is -0.386. The average Bonchev–Trinajstić information content (AvgIpc) is 2.40. The first-order chi connectivity index (χ1) is 9.56. The van der Waals surface area contributed by atoms with Crippen LogP contribution in [-0.2, 0) is 4.74 Å². The molecule has 1 aliphatic heterocycles. The molecule has 0 N–H and O–H groups in total. The summed E-state index contributed by atoms with van der Waals surface area (Å²) in [7, 11) is 0. The Morgan fingerprint density at radius 2 is 2.45 bits per heavy atom. The van der Waals surface area contributed by atoms with E-state index >= 15 is 0 Å². The van der Waals surface area contributed by atoms with Crippen LogP contribution >= 0.6 is 0 Å². The molecule has 2 heterocycles. The minimum absolute atomic E-state index is 0.0830. The van der Waals surface area contributed by atoms with E-state index in [-0.39, 0.29) is 17.7 Å².